The number of benzene rings is 1. The fourth-order valence-corrected chi connectivity index (χ4v) is 5.56. The minimum Gasteiger partial charge on any atom is -0.351 e. The molecule has 4 rings (SSSR count). The summed E-state index contributed by atoms with van der Waals surface area (Å²) in [5, 5.41) is 8.33. The van der Waals surface area contributed by atoms with Crippen LogP contribution >= 0.6 is 11.3 Å². The largest absolute Gasteiger partial charge is 0.351 e. The third-order valence-electron chi connectivity index (χ3n) is 5.75. The number of thiophene rings is 1. The zero-order chi connectivity index (χ0) is 21.3. The molecule has 0 saturated carbocycles. The van der Waals surface area contributed by atoms with Crippen molar-refractivity contribution in [2.24, 2.45) is 18.9 Å². The van der Waals surface area contributed by atoms with Crippen molar-refractivity contribution in [3.63, 3.8) is 0 Å². The molecule has 1 amide bonds. The van der Waals surface area contributed by atoms with Gasteiger partial charge in [0, 0.05) is 37.6 Å². The number of fused-ring (bicyclic) bond motifs is 1. The molecule has 0 aliphatic carbocycles. The third kappa shape index (κ3) is 4.42. The molecule has 160 valence electrons. The molecule has 30 heavy (non-hydrogen) atoms. The lowest BCUT2D eigenvalue weighted by Crippen LogP contribution is -2.40. The van der Waals surface area contributed by atoms with Crippen LogP contribution in [0.4, 0.5) is 4.39 Å². The monoisotopic (exact) mass is 428 g/mol. The molecule has 1 fully saturated rings. The average molecular weight is 429 g/mol. The third-order valence-corrected chi connectivity index (χ3v) is 6.95. The number of piperidine rings is 1. The smallest absolute Gasteiger partial charge is 0.261 e. The number of nitrogens with zero attached hydrogens (tertiary/aromatic N) is 3. The van der Waals surface area contributed by atoms with Crippen molar-refractivity contribution in [2.45, 2.75) is 26.7 Å². The van der Waals surface area contributed by atoms with Crippen molar-refractivity contribution in [1.29, 1.82) is 0 Å². The van der Waals surface area contributed by atoms with Crippen LogP contribution in [0.25, 0.3) is 21.5 Å². The topological polar surface area (TPSA) is 50.2 Å². The van der Waals surface area contributed by atoms with Crippen LogP contribution in [0.2, 0.25) is 0 Å². The minimum absolute atomic E-state index is 0.0731. The van der Waals surface area contributed by atoms with E-state index < -0.39 is 0 Å². The Morgan fingerprint density at radius 3 is 2.73 bits per heavy atom. The molecule has 1 N–H and O–H groups in total. The second-order valence-corrected chi connectivity index (χ2v) is 9.63. The summed E-state index contributed by atoms with van der Waals surface area (Å²) in [6.07, 6.45) is 2.25. The average Bonchev–Trinajstić information content (AvgIpc) is 3.26. The first-order chi connectivity index (χ1) is 14.4. The summed E-state index contributed by atoms with van der Waals surface area (Å²) in [6, 6.07) is 8.44. The number of likely N-dealkylation sites (tertiary alicyclic amines) is 1. The van der Waals surface area contributed by atoms with Gasteiger partial charge in [-0.05, 0) is 49.4 Å². The van der Waals surface area contributed by atoms with Crippen LogP contribution in [0.1, 0.15) is 36.4 Å². The van der Waals surface area contributed by atoms with E-state index in [4.69, 9.17) is 0 Å². The number of rotatable bonds is 6. The van der Waals surface area contributed by atoms with Crippen molar-refractivity contribution in [1.82, 2.24) is 20.0 Å². The molecule has 3 aromatic rings. The number of aryl methyl sites for hydroxylation is 1. The Bertz CT molecular complexity index is 1030. The maximum Gasteiger partial charge on any atom is 0.261 e. The van der Waals surface area contributed by atoms with Crippen LogP contribution < -0.4 is 5.32 Å². The maximum absolute atomic E-state index is 14.3. The van der Waals surface area contributed by atoms with E-state index in [-0.39, 0.29) is 11.7 Å². The molecule has 1 aliphatic heterocycles. The fraction of sp³-hybridized carbons (Fsp3) is 0.478. The van der Waals surface area contributed by atoms with Crippen molar-refractivity contribution in [3.8, 4) is 11.3 Å². The molecule has 1 aliphatic rings. The van der Waals surface area contributed by atoms with Gasteiger partial charge in [-0.2, -0.15) is 5.10 Å². The fourth-order valence-electron chi connectivity index (χ4n) is 4.57. The first kappa shape index (κ1) is 21.0. The molecule has 3 heterocycles. The van der Waals surface area contributed by atoms with Crippen molar-refractivity contribution >= 4 is 27.5 Å². The molecular weight excluding hydrogens is 399 g/mol. The second kappa shape index (κ2) is 8.86. The lowest BCUT2D eigenvalue weighted by molar-refractivity contribution is 0.0951. The highest BCUT2D eigenvalue weighted by molar-refractivity contribution is 7.20. The number of hydrogen-bond acceptors (Lipinski definition) is 4. The minimum atomic E-state index is -0.309. The number of carbonyl (C=O) groups is 1. The van der Waals surface area contributed by atoms with Gasteiger partial charge >= 0.3 is 0 Å². The molecular formula is C23H29FN4OS. The lowest BCUT2D eigenvalue weighted by Gasteiger charge is -2.34. The molecule has 0 bridgehead atoms. The summed E-state index contributed by atoms with van der Waals surface area (Å²) in [7, 11) is 1.82. The Morgan fingerprint density at radius 1 is 1.27 bits per heavy atom. The maximum atomic E-state index is 14.3. The number of halogens is 1. The summed E-state index contributed by atoms with van der Waals surface area (Å²) < 4.78 is 16.0. The number of hydrogen-bond donors (Lipinski definition) is 1. The molecule has 1 saturated heterocycles. The highest BCUT2D eigenvalue weighted by atomic mass is 32.1. The summed E-state index contributed by atoms with van der Waals surface area (Å²) in [5.74, 6) is 1.12. The lowest BCUT2D eigenvalue weighted by atomic mass is 9.92. The van der Waals surface area contributed by atoms with Gasteiger partial charge in [0.1, 0.15) is 16.3 Å². The Morgan fingerprint density at radius 2 is 2.00 bits per heavy atom. The first-order valence-electron chi connectivity index (χ1n) is 10.6. The van der Waals surface area contributed by atoms with Gasteiger partial charge in [-0.3, -0.25) is 9.48 Å². The van der Waals surface area contributed by atoms with E-state index in [0.717, 1.165) is 48.1 Å². The Balaban J connectivity index is 1.39. The van der Waals surface area contributed by atoms with Gasteiger partial charge in [-0.25, -0.2) is 4.39 Å². The van der Waals surface area contributed by atoms with E-state index >= 15 is 0 Å². The van der Waals surface area contributed by atoms with Crippen molar-refractivity contribution in [2.75, 3.05) is 26.2 Å². The number of aromatic nitrogens is 2. The van der Waals surface area contributed by atoms with Gasteiger partial charge in [-0.1, -0.05) is 26.0 Å². The predicted octanol–water partition coefficient (Wildman–Crippen LogP) is 4.54. The van der Waals surface area contributed by atoms with Gasteiger partial charge in [-0.15, -0.1) is 11.3 Å². The van der Waals surface area contributed by atoms with Gasteiger partial charge in [0.15, 0.2) is 0 Å². The summed E-state index contributed by atoms with van der Waals surface area (Å²) >= 11 is 1.40. The van der Waals surface area contributed by atoms with E-state index in [1.54, 1.807) is 22.9 Å². The van der Waals surface area contributed by atoms with Gasteiger partial charge in [0.05, 0.1) is 4.88 Å². The molecule has 0 radical (unpaired) electrons. The Labute approximate surface area is 180 Å². The van der Waals surface area contributed by atoms with Crippen LogP contribution in [0.5, 0.6) is 0 Å². The van der Waals surface area contributed by atoms with E-state index in [0.29, 0.717) is 22.7 Å². The summed E-state index contributed by atoms with van der Waals surface area (Å²) in [4.78, 5) is 16.7. The zero-order valence-electron chi connectivity index (χ0n) is 17.8. The van der Waals surface area contributed by atoms with Gasteiger partial charge in [0.2, 0.25) is 0 Å². The quantitative estimate of drug-likeness (QED) is 0.587. The van der Waals surface area contributed by atoms with Crippen molar-refractivity contribution in [3.05, 3.63) is 41.0 Å². The van der Waals surface area contributed by atoms with E-state index in [1.807, 2.05) is 13.1 Å². The van der Waals surface area contributed by atoms with Crippen LogP contribution in [-0.2, 0) is 7.05 Å². The summed E-state index contributed by atoms with van der Waals surface area (Å²) in [5.41, 5.74) is 1.03. The second-order valence-electron chi connectivity index (χ2n) is 8.60. The first-order valence-corrected chi connectivity index (χ1v) is 11.5. The van der Waals surface area contributed by atoms with Crippen molar-refractivity contribution < 1.29 is 9.18 Å². The van der Waals surface area contributed by atoms with Crippen LogP contribution in [0.3, 0.4) is 0 Å². The van der Waals surface area contributed by atoms with E-state index in [1.165, 1.54) is 23.8 Å². The molecule has 7 heteroatoms. The Hall–Kier alpha value is -2.25. The number of nitrogens with one attached hydrogen (secondary N) is 1. The van der Waals surface area contributed by atoms with Gasteiger partial charge < -0.3 is 10.2 Å². The molecule has 0 unspecified atom stereocenters. The van der Waals surface area contributed by atoms with Crippen LogP contribution in [0, 0.1) is 17.7 Å². The number of carbonyl (C=O) groups excluding carboxylic acids is 1. The molecule has 2 atom stereocenters. The highest BCUT2D eigenvalue weighted by Gasteiger charge is 2.22. The van der Waals surface area contributed by atoms with E-state index in [2.05, 4.69) is 29.2 Å². The molecule has 0 spiro atoms. The normalized spacial score (nSPS) is 20.0. The SMILES string of the molecule is C[C@@H]1C[C@H](C)CN(CCCNC(=O)c2cc3c(-c4ccccc4F)nn(C)c3s2)C1. The van der Waals surface area contributed by atoms with Crippen LogP contribution in [-0.4, -0.2) is 46.8 Å². The molecule has 1 aromatic carbocycles. The molecule has 2 aromatic heterocycles. The number of amides is 1. The Kier molecular flexibility index (Phi) is 6.20. The summed E-state index contributed by atoms with van der Waals surface area (Å²) in [6.45, 7) is 8.61. The molecule has 5 nitrogen and oxygen atoms in total. The van der Waals surface area contributed by atoms with Gasteiger partial charge in [0.25, 0.3) is 5.91 Å². The predicted molar refractivity (Wildman–Crippen MR) is 120 cm³/mol. The standard InChI is InChI=1S/C23H29FN4OS/c1-15-11-16(2)14-28(13-15)10-6-9-25-22(29)20-12-18-21(26-27(3)23(18)30-20)17-7-4-5-8-19(17)24/h4-5,7-8,12,15-16H,6,9-11,13-14H2,1-3H3,(H,25,29)/t15-,16+. The zero-order valence-corrected chi connectivity index (χ0v) is 18.6. The highest BCUT2D eigenvalue weighted by Crippen LogP contribution is 2.34. The van der Waals surface area contributed by atoms with Crippen LogP contribution in [0.15, 0.2) is 30.3 Å². The van der Waals surface area contributed by atoms with E-state index in [9.17, 15) is 9.18 Å².